The van der Waals surface area contributed by atoms with Crippen molar-refractivity contribution in [3.63, 3.8) is 0 Å². The molecule has 3 heterocycles. The number of Topliss-reactive ketones (excluding diaryl/α,β-unsaturated/α-hetero) is 1. The first-order chi connectivity index (χ1) is 12.6. The minimum atomic E-state index is -0.365. The Morgan fingerprint density at radius 2 is 2.23 bits per heavy atom. The maximum Gasteiger partial charge on any atom is 0.277 e. The first-order valence-electron chi connectivity index (χ1n) is 8.49. The lowest BCUT2D eigenvalue weighted by Crippen LogP contribution is -2.23. The van der Waals surface area contributed by atoms with Crippen molar-refractivity contribution < 1.29 is 14.0 Å². The fraction of sp³-hybridized carbons (Fsp3) is 0.333. The first-order valence-corrected chi connectivity index (χ1v) is 9.37. The SMILES string of the molecule is CC(Sc1nnc(CN2CCCC2=O)o1)C(=O)c1c[nH]c2ccccc12. The van der Waals surface area contributed by atoms with Crippen molar-refractivity contribution in [3.8, 4) is 0 Å². The Hall–Kier alpha value is -2.61. The molecular formula is C18H18N4O3S. The van der Waals surface area contributed by atoms with Gasteiger partial charge in [0, 0.05) is 35.6 Å². The number of hydrogen-bond donors (Lipinski definition) is 1. The topological polar surface area (TPSA) is 92.1 Å². The van der Waals surface area contributed by atoms with Gasteiger partial charge in [0.25, 0.3) is 5.22 Å². The molecule has 1 aliphatic heterocycles. The third kappa shape index (κ3) is 3.24. The Kier molecular flexibility index (Phi) is 4.50. The largest absolute Gasteiger partial charge is 0.414 e. The number of thioether (sulfide) groups is 1. The highest BCUT2D eigenvalue weighted by Gasteiger charge is 2.24. The molecule has 134 valence electrons. The number of hydrogen-bond acceptors (Lipinski definition) is 6. The lowest BCUT2D eigenvalue weighted by Gasteiger charge is -2.11. The van der Waals surface area contributed by atoms with E-state index in [1.165, 1.54) is 11.8 Å². The molecule has 1 aliphatic rings. The minimum Gasteiger partial charge on any atom is -0.414 e. The Balaban J connectivity index is 1.44. The molecule has 1 fully saturated rings. The summed E-state index contributed by atoms with van der Waals surface area (Å²) < 4.78 is 5.61. The highest BCUT2D eigenvalue weighted by atomic mass is 32.2. The fourth-order valence-electron chi connectivity index (χ4n) is 3.08. The van der Waals surface area contributed by atoms with E-state index in [0.29, 0.717) is 29.6 Å². The molecule has 1 unspecified atom stereocenters. The van der Waals surface area contributed by atoms with Gasteiger partial charge in [0.15, 0.2) is 5.78 Å². The van der Waals surface area contributed by atoms with Gasteiger partial charge in [-0.3, -0.25) is 9.59 Å². The van der Waals surface area contributed by atoms with Gasteiger partial charge in [0.05, 0.1) is 11.8 Å². The van der Waals surface area contributed by atoms with Crippen molar-refractivity contribution >= 4 is 34.4 Å². The maximum absolute atomic E-state index is 12.8. The number of carbonyl (C=O) groups excluding carboxylic acids is 2. The van der Waals surface area contributed by atoms with E-state index in [2.05, 4.69) is 15.2 Å². The van der Waals surface area contributed by atoms with Gasteiger partial charge < -0.3 is 14.3 Å². The second-order valence-electron chi connectivity index (χ2n) is 6.25. The van der Waals surface area contributed by atoms with Crippen LogP contribution in [0.5, 0.6) is 0 Å². The Morgan fingerprint density at radius 3 is 3.04 bits per heavy atom. The van der Waals surface area contributed by atoms with Crippen LogP contribution in [-0.2, 0) is 11.3 Å². The first kappa shape index (κ1) is 16.8. The lowest BCUT2D eigenvalue weighted by molar-refractivity contribution is -0.128. The summed E-state index contributed by atoms with van der Waals surface area (Å²) in [6.07, 6.45) is 3.18. The summed E-state index contributed by atoms with van der Waals surface area (Å²) in [5.74, 6) is 0.511. The van der Waals surface area contributed by atoms with Crippen LogP contribution in [0.4, 0.5) is 0 Å². The number of carbonyl (C=O) groups is 2. The van der Waals surface area contributed by atoms with E-state index in [4.69, 9.17) is 4.42 Å². The van der Waals surface area contributed by atoms with Gasteiger partial charge >= 0.3 is 0 Å². The predicted molar refractivity (Wildman–Crippen MR) is 96.9 cm³/mol. The fourth-order valence-corrected chi connectivity index (χ4v) is 3.85. The number of para-hydroxylation sites is 1. The number of nitrogens with zero attached hydrogens (tertiary/aromatic N) is 3. The molecular weight excluding hydrogens is 352 g/mol. The van der Waals surface area contributed by atoms with E-state index >= 15 is 0 Å². The number of rotatable bonds is 6. The van der Waals surface area contributed by atoms with Gasteiger partial charge in [0.2, 0.25) is 11.8 Å². The number of likely N-dealkylation sites (tertiary alicyclic amines) is 1. The summed E-state index contributed by atoms with van der Waals surface area (Å²) in [6, 6.07) is 7.70. The minimum absolute atomic E-state index is 0.00178. The molecule has 1 aromatic carbocycles. The summed E-state index contributed by atoms with van der Waals surface area (Å²) >= 11 is 1.23. The highest BCUT2D eigenvalue weighted by molar-refractivity contribution is 8.00. The third-order valence-electron chi connectivity index (χ3n) is 4.45. The standard InChI is InChI=1S/C18H18N4O3S/c1-11(17(24)13-9-19-14-6-3-2-5-12(13)14)26-18-21-20-15(25-18)10-22-8-4-7-16(22)23/h2-3,5-6,9,11,19H,4,7-8,10H2,1H3. The van der Waals surface area contributed by atoms with Crippen LogP contribution < -0.4 is 0 Å². The maximum atomic E-state index is 12.8. The van der Waals surface area contributed by atoms with Crippen molar-refractivity contribution in [1.29, 1.82) is 0 Å². The van der Waals surface area contributed by atoms with Crippen LogP contribution in [0.3, 0.4) is 0 Å². The molecule has 0 spiro atoms. The zero-order valence-electron chi connectivity index (χ0n) is 14.3. The van der Waals surface area contributed by atoms with Crippen LogP contribution in [-0.4, -0.2) is 43.6 Å². The molecule has 0 bridgehead atoms. The molecule has 1 amide bonds. The Labute approximate surface area is 154 Å². The molecule has 26 heavy (non-hydrogen) atoms. The van der Waals surface area contributed by atoms with E-state index in [9.17, 15) is 9.59 Å². The van der Waals surface area contributed by atoms with Crippen LogP contribution in [0.15, 0.2) is 40.1 Å². The molecule has 3 aromatic rings. The molecule has 0 radical (unpaired) electrons. The van der Waals surface area contributed by atoms with E-state index in [1.54, 1.807) is 11.1 Å². The number of ketones is 1. The second kappa shape index (κ2) is 6.95. The third-order valence-corrected chi connectivity index (χ3v) is 5.38. The second-order valence-corrected chi connectivity index (χ2v) is 7.54. The zero-order chi connectivity index (χ0) is 18.1. The summed E-state index contributed by atoms with van der Waals surface area (Å²) in [5, 5.41) is 8.87. The summed E-state index contributed by atoms with van der Waals surface area (Å²) in [7, 11) is 0. The zero-order valence-corrected chi connectivity index (χ0v) is 15.1. The molecule has 7 nitrogen and oxygen atoms in total. The van der Waals surface area contributed by atoms with Crippen molar-refractivity contribution in [2.24, 2.45) is 0 Å². The molecule has 1 saturated heterocycles. The quantitative estimate of drug-likeness (QED) is 0.530. The van der Waals surface area contributed by atoms with Crippen LogP contribution in [0.1, 0.15) is 36.0 Å². The van der Waals surface area contributed by atoms with E-state index in [1.807, 2.05) is 31.2 Å². The van der Waals surface area contributed by atoms with Gasteiger partial charge in [0.1, 0.15) is 0 Å². The van der Waals surface area contributed by atoms with E-state index < -0.39 is 0 Å². The number of H-pyrrole nitrogens is 1. The van der Waals surface area contributed by atoms with Crippen LogP contribution in [0, 0.1) is 0 Å². The molecule has 4 rings (SSSR count). The van der Waals surface area contributed by atoms with Crippen molar-refractivity contribution in [2.45, 2.75) is 36.8 Å². The van der Waals surface area contributed by atoms with Crippen molar-refractivity contribution in [1.82, 2.24) is 20.1 Å². The van der Waals surface area contributed by atoms with Gasteiger partial charge in [-0.25, -0.2) is 0 Å². The molecule has 1 N–H and O–H groups in total. The van der Waals surface area contributed by atoms with Crippen molar-refractivity contribution in [2.75, 3.05) is 6.54 Å². The Bertz CT molecular complexity index is 964. The number of fused-ring (bicyclic) bond motifs is 1. The predicted octanol–water partition coefficient (Wildman–Crippen LogP) is 3.04. The molecule has 0 saturated carbocycles. The van der Waals surface area contributed by atoms with Crippen LogP contribution in [0.2, 0.25) is 0 Å². The summed E-state index contributed by atoms with van der Waals surface area (Å²) in [4.78, 5) is 29.3. The van der Waals surface area contributed by atoms with Crippen LogP contribution in [0.25, 0.3) is 10.9 Å². The van der Waals surface area contributed by atoms with Crippen molar-refractivity contribution in [3.05, 3.63) is 41.9 Å². The number of aromatic amines is 1. The molecule has 0 aliphatic carbocycles. The summed E-state index contributed by atoms with van der Waals surface area (Å²) in [6.45, 7) is 2.87. The number of aromatic nitrogens is 3. The van der Waals surface area contributed by atoms with E-state index in [0.717, 1.165) is 23.9 Å². The molecule has 8 heteroatoms. The van der Waals surface area contributed by atoms with Gasteiger partial charge in [-0.05, 0) is 19.4 Å². The molecule has 2 aromatic heterocycles. The molecule has 1 atom stereocenters. The lowest BCUT2D eigenvalue weighted by atomic mass is 10.1. The number of amides is 1. The summed E-state index contributed by atoms with van der Waals surface area (Å²) in [5.41, 5.74) is 1.59. The Morgan fingerprint density at radius 1 is 1.38 bits per heavy atom. The van der Waals surface area contributed by atoms with E-state index in [-0.39, 0.29) is 16.9 Å². The normalized spacial score (nSPS) is 15.7. The average molecular weight is 370 g/mol. The number of benzene rings is 1. The van der Waals surface area contributed by atoms with Gasteiger partial charge in [-0.2, -0.15) is 0 Å². The average Bonchev–Trinajstić information content (AvgIpc) is 3.36. The highest BCUT2D eigenvalue weighted by Crippen LogP contribution is 2.28. The van der Waals surface area contributed by atoms with Gasteiger partial charge in [-0.15, -0.1) is 10.2 Å². The van der Waals surface area contributed by atoms with Crippen LogP contribution >= 0.6 is 11.8 Å². The van der Waals surface area contributed by atoms with Gasteiger partial charge in [-0.1, -0.05) is 30.0 Å². The smallest absolute Gasteiger partial charge is 0.277 e. The monoisotopic (exact) mass is 370 g/mol. The number of nitrogens with one attached hydrogen (secondary N) is 1.